The smallest absolute Gasteiger partial charge is 0.422 e. The quantitative estimate of drug-likeness (QED) is 0.925. The molecule has 1 N–H and O–H groups in total. The largest absolute Gasteiger partial charge is 0.483 e. The van der Waals surface area contributed by atoms with Crippen molar-refractivity contribution in [2.24, 2.45) is 5.92 Å². The van der Waals surface area contributed by atoms with E-state index in [0.717, 1.165) is 0 Å². The van der Waals surface area contributed by atoms with Gasteiger partial charge in [0.25, 0.3) is 0 Å². The third-order valence-electron chi connectivity index (χ3n) is 2.89. The van der Waals surface area contributed by atoms with E-state index >= 15 is 0 Å². The van der Waals surface area contributed by atoms with Gasteiger partial charge in [-0.25, -0.2) is 0 Å². The van der Waals surface area contributed by atoms with Gasteiger partial charge in [-0.2, -0.15) is 13.2 Å². The summed E-state index contributed by atoms with van der Waals surface area (Å²) in [5.41, 5.74) is 0.399. The van der Waals surface area contributed by atoms with E-state index in [1.807, 2.05) is 0 Å². The van der Waals surface area contributed by atoms with E-state index in [1.54, 1.807) is 0 Å². The molecule has 0 radical (unpaired) electrons. The molecule has 1 aromatic carbocycles. The summed E-state index contributed by atoms with van der Waals surface area (Å²) in [4.78, 5) is 11.9. The van der Waals surface area contributed by atoms with Crippen molar-refractivity contribution in [2.75, 3.05) is 25.1 Å². The molecule has 1 unspecified atom stereocenters. The van der Waals surface area contributed by atoms with E-state index in [0.29, 0.717) is 25.3 Å². The second kappa shape index (κ2) is 6.53. The van der Waals surface area contributed by atoms with Gasteiger partial charge in [0.05, 0.1) is 17.5 Å². The number of anilines is 1. The van der Waals surface area contributed by atoms with Crippen molar-refractivity contribution in [3.05, 3.63) is 23.2 Å². The van der Waals surface area contributed by atoms with Gasteiger partial charge in [0.2, 0.25) is 5.91 Å². The van der Waals surface area contributed by atoms with Crippen molar-refractivity contribution in [3.63, 3.8) is 0 Å². The fourth-order valence-corrected chi connectivity index (χ4v) is 2.08. The Morgan fingerprint density at radius 2 is 2.24 bits per heavy atom. The second-order valence-corrected chi connectivity index (χ2v) is 5.01. The molecule has 1 aliphatic heterocycles. The molecule has 1 atom stereocenters. The molecule has 1 amide bonds. The highest BCUT2D eigenvalue weighted by atomic mass is 35.5. The van der Waals surface area contributed by atoms with Crippen LogP contribution in [0.1, 0.15) is 6.42 Å². The summed E-state index contributed by atoms with van der Waals surface area (Å²) in [5, 5.41) is 2.64. The van der Waals surface area contributed by atoms with Gasteiger partial charge in [0.15, 0.2) is 6.61 Å². The summed E-state index contributed by atoms with van der Waals surface area (Å²) in [6.07, 6.45) is -3.79. The summed E-state index contributed by atoms with van der Waals surface area (Å²) < 4.78 is 45.9. The molecule has 1 aromatic rings. The minimum Gasteiger partial charge on any atom is -0.483 e. The number of nitrogens with one attached hydrogen (secondary N) is 1. The molecular weight excluding hydrogens is 311 g/mol. The molecule has 0 aliphatic carbocycles. The number of halogens is 4. The fourth-order valence-electron chi connectivity index (χ4n) is 1.84. The Balaban J connectivity index is 1.96. The lowest BCUT2D eigenvalue weighted by atomic mass is 10.1. The molecule has 116 valence electrons. The number of hydrogen-bond donors (Lipinski definition) is 1. The average molecular weight is 324 g/mol. The van der Waals surface area contributed by atoms with E-state index in [2.05, 4.69) is 10.1 Å². The first kappa shape index (κ1) is 15.9. The van der Waals surface area contributed by atoms with Gasteiger partial charge >= 0.3 is 6.18 Å². The van der Waals surface area contributed by atoms with Crippen molar-refractivity contribution in [3.8, 4) is 5.75 Å². The van der Waals surface area contributed by atoms with Gasteiger partial charge in [-0.1, -0.05) is 11.6 Å². The van der Waals surface area contributed by atoms with Crippen LogP contribution in [0.2, 0.25) is 5.02 Å². The van der Waals surface area contributed by atoms with E-state index in [1.165, 1.54) is 18.2 Å². The van der Waals surface area contributed by atoms with Crippen LogP contribution >= 0.6 is 11.6 Å². The number of carbonyl (C=O) groups is 1. The average Bonchev–Trinajstić information content (AvgIpc) is 2.90. The number of alkyl halides is 3. The summed E-state index contributed by atoms with van der Waals surface area (Å²) in [6.45, 7) is -0.507. The molecule has 4 nitrogen and oxygen atoms in total. The minimum absolute atomic E-state index is 0.000257. The van der Waals surface area contributed by atoms with Gasteiger partial charge < -0.3 is 14.8 Å². The Labute approximate surface area is 124 Å². The van der Waals surface area contributed by atoms with Crippen LogP contribution in [0, 0.1) is 5.92 Å². The van der Waals surface area contributed by atoms with Crippen molar-refractivity contribution in [1.29, 1.82) is 0 Å². The van der Waals surface area contributed by atoms with Crippen LogP contribution in [0.15, 0.2) is 18.2 Å². The van der Waals surface area contributed by atoms with Crippen LogP contribution in [0.25, 0.3) is 0 Å². The van der Waals surface area contributed by atoms with E-state index in [-0.39, 0.29) is 22.6 Å². The first-order valence-corrected chi connectivity index (χ1v) is 6.60. The molecule has 0 bridgehead atoms. The van der Waals surface area contributed by atoms with Crippen molar-refractivity contribution in [1.82, 2.24) is 0 Å². The normalized spacial score (nSPS) is 18.6. The van der Waals surface area contributed by atoms with Crippen molar-refractivity contribution < 1.29 is 27.4 Å². The number of carbonyl (C=O) groups excluding carboxylic acids is 1. The zero-order valence-electron chi connectivity index (χ0n) is 10.9. The highest BCUT2D eigenvalue weighted by molar-refractivity contribution is 6.32. The maximum Gasteiger partial charge on any atom is 0.422 e. The van der Waals surface area contributed by atoms with Crippen LogP contribution in [0.5, 0.6) is 5.75 Å². The molecule has 2 rings (SSSR count). The monoisotopic (exact) mass is 323 g/mol. The lowest BCUT2D eigenvalue weighted by molar-refractivity contribution is -0.153. The highest BCUT2D eigenvalue weighted by Gasteiger charge is 2.29. The predicted molar refractivity (Wildman–Crippen MR) is 70.6 cm³/mol. The molecule has 1 aliphatic rings. The van der Waals surface area contributed by atoms with E-state index < -0.39 is 12.8 Å². The third-order valence-corrected chi connectivity index (χ3v) is 3.19. The first-order valence-electron chi connectivity index (χ1n) is 6.23. The molecule has 0 aromatic heterocycles. The molecule has 1 saturated heterocycles. The maximum absolute atomic E-state index is 12.1. The molecule has 8 heteroatoms. The number of benzene rings is 1. The number of amides is 1. The molecular formula is C13H13ClF3NO3. The number of rotatable bonds is 4. The topological polar surface area (TPSA) is 47.6 Å². The van der Waals surface area contributed by atoms with Crippen LogP contribution in [-0.2, 0) is 9.53 Å². The molecule has 0 saturated carbocycles. The Morgan fingerprint density at radius 3 is 2.81 bits per heavy atom. The Morgan fingerprint density at radius 1 is 1.48 bits per heavy atom. The fraction of sp³-hybridized carbons (Fsp3) is 0.462. The van der Waals surface area contributed by atoms with Gasteiger partial charge in [0.1, 0.15) is 5.75 Å². The van der Waals surface area contributed by atoms with Gasteiger partial charge in [-0.3, -0.25) is 4.79 Å². The molecule has 0 spiro atoms. The van der Waals surface area contributed by atoms with Crippen LogP contribution in [0.3, 0.4) is 0 Å². The zero-order valence-corrected chi connectivity index (χ0v) is 11.6. The predicted octanol–water partition coefficient (Wildman–Crippen LogP) is 3.26. The van der Waals surface area contributed by atoms with Gasteiger partial charge in [0, 0.05) is 12.3 Å². The van der Waals surface area contributed by atoms with Crippen LogP contribution in [-0.4, -0.2) is 31.9 Å². The summed E-state index contributed by atoms with van der Waals surface area (Å²) in [7, 11) is 0. The molecule has 1 fully saturated rings. The zero-order chi connectivity index (χ0) is 15.5. The summed E-state index contributed by atoms with van der Waals surface area (Å²) in [6, 6.07) is 4.07. The van der Waals surface area contributed by atoms with Crippen molar-refractivity contribution in [2.45, 2.75) is 12.6 Å². The van der Waals surface area contributed by atoms with Crippen molar-refractivity contribution >= 4 is 23.2 Å². The number of ether oxygens (including phenoxy) is 2. The van der Waals surface area contributed by atoms with Crippen LogP contribution in [0.4, 0.5) is 18.9 Å². The maximum atomic E-state index is 12.1. The van der Waals surface area contributed by atoms with E-state index in [9.17, 15) is 18.0 Å². The van der Waals surface area contributed by atoms with Gasteiger partial charge in [-0.15, -0.1) is 0 Å². The highest BCUT2D eigenvalue weighted by Crippen LogP contribution is 2.29. The number of hydrogen-bond acceptors (Lipinski definition) is 3. The third kappa shape index (κ3) is 4.78. The van der Waals surface area contributed by atoms with Gasteiger partial charge in [-0.05, 0) is 24.6 Å². The van der Waals surface area contributed by atoms with Crippen LogP contribution < -0.4 is 10.1 Å². The summed E-state index contributed by atoms with van der Waals surface area (Å²) >= 11 is 5.83. The lowest BCUT2D eigenvalue weighted by Crippen LogP contribution is -2.22. The Kier molecular flexibility index (Phi) is 4.95. The van der Waals surface area contributed by atoms with E-state index in [4.69, 9.17) is 16.3 Å². The lowest BCUT2D eigenvalue weighted by Gasteiger charge is -2.13. The summed E-state index contributed by atoms with van der Waals surface area (Å²) in [5.74, 6) is -0.506. The molecule has 21 heavy (non-hydrogen) atoms. The first-order chi connectivity index (χ1) is 9.85. The Hall–Kier alpha value is -1.47. The standard InChI is InChI=1S/C13H13ClF3NO3/c14-10-5-9(18-12(19)8-3-4-20-6-8)1-2-11(10)21-7-13(15,16)17/h1-2,5,8H,3-4,6-7H2,(H,18,19). The molecule has 1 heterocycles. The second-order valence-electron chi connectivity index (χ2n) is 4.60. The minimum atomic E-state index is -4.43. The Bertz CT molecular complexity index is 516. The SMILES string of the molecule is O=C(Nc1ccc(OCC(F)(F)F)c(Cl)c1)C1CCOC1.